The molecule has 0 aliphatic carbocycles. The van der Waals surface area contributed by atoms with E-state index in [2.05, 4.69) is 4.90 Å². The van der Waals surface area contributed by atoms with E-state index in [-0.39, 0.29) is 5.97 Å². The second kappa shape index (κ2) is 5.80. The van der Waals surface area contributed by atoms with Crippen molar-refractivity contribution in [2.75, 3.05) is 33.4 Å². The predicted molar refractivity (Wildman–Crippen MR) is 61.5 cm³/mol. The van der Waals surface area contributed by atoms with Gasteiger partial charge in [-0.2, -0.15) is 0 Å². The summed E-state index contributed by atoms with van der Waals surface area (Å²) in [5.41, 5.74) is 0. The lowest BCUT2D eigenvalue weighted by Crippen LogP contribution is -2.48. The normalized spacial score (nSPS) is 34.8. The molecule has 0 unspecified atom stereocenters. The molecule has 2 saturated heterocycles. The molecule has 1 N–H and O–H groups in total. The molecule has 2 fully saturated rings. The Bertz CT molecular complexity index is 265. The average molecular weight is 243 g/mol. The standard InChI is InChI=1S/C12H21NO4/c1-16-12(15)10-8-13(5-4-11(10)14)7-9-3-2-6-17-9/h9-11,14H,2-8H2,1H3/t9-,10+,11+/m0/s1. The van der Waals surface area contributed by atoms with Crippen molar-refractivity contribution in [2.45, 2.75) is 31.5 Å². The number of rotatable bonds is 3. The molecule has 0 spiro atoms. The van der Waals surface area contributed by atoms with Gasteiger partial charge in [0.25, 0.3) is 0 Å². The second-order valence-electron chi connectivity index (χ2n) is 4.88. The number of hydrogen-bond acceptors (Lipinski definition) is 5. The van der Waals surface area contributed by atoms with E-state index < -0.39 is 12.0 Å². The van der Waals surface area contributed by atoms with Crippen molar-refractivity contribution in [3.63, 3.8) is 0 Å². The van der Waals surface area contributed by atoms with Gasteiger partial charge in [-0.25, -0.2) is 0 Å². The first-order valence-electron chi connectivity index (χ1n) is 6.30. The minimum absolute atomic E-state index is 0.295. The van der Waals surface area contributed by atoms with E-state index in [1.165, 1.54) is 7.11 Å². The zero-order valence-corrected chi connectivity index (χ0v) is 10.3. The molecular weight excluding hydrogens is 222 g/mol. The molecule has 2 aliphatic rings. The maximum Gasteiger partial charge on any atom is 0.312 e. The number of nitrogens with zero attached hydrogens (tertiary/aromatic N) is 1. The SMILES string of the molecule is COC(=O)[C@@H]1CN(C[C@@H]2CCCO2)CC[C@H]1O. The van der Waals surface area contributed by atoms with Crippen LogP contribution in [-0.4, -0.2) is 61.5 Å². The van der Waals surface area contributed by atoms with E-state index in [1.54, 1.807) is 0 Å². The zero-order valence-electron chi connectivity index (χ0n) is 10.3. The molecule has 5 nitrogen and oxygen atoms in total. The number of carbonyl (C=O) groups excluding carboxylic acids is 1. The number of piperidine rings is 1. The molecule has 2 aliphatic heterocycles. The number of ether oxygens (including phenoxy) is 2. The van der Waals surface area contributed by atoms with Crippen molar-refractivity contribution in [3.05, 3.63) is 0 Å². The first kappa shape index (κ1) is 12.8. The van der Waals surface area contributed by atoms with Gasteiger partial charge in [-0.1, -0.05) is 0 Å². The van der Waals surface area contributed by atoms with Crippen LogP contribution in [-0.2, 0) is 14.3 Å². The van der Waals surface area contributed by atoms with Crippen molar-refractivity contribution in [1.29, 1.82) is 0 Å². The molecule has 0 aromatic heterocycles. The highest BCUT2D eigenvalue weighted by Crippen LogP contribution is 2.21. The van der Waals surface area contributed by atoms with Gasteiger partial charge in [-0.3, -0.25) is 9.69 Å². The van der Waals surface area contributed by atoms with Gasteiger partial charge >= 0.3 is 5.97 Å². The third kappa shape index (κ3) is 3.18. The molecule has 3 atom stereocenters. The zero-order chi connectivity index (χ0) is 12.3. The Hall–Kier alpha value is -0.650. The summed E-state index contributed by atoms with van der Waals surface area (Å²) in [6, 6.07) is 0. The monoisotopic (exact) mass is 243 g/mol. The molecular formula is C12H21NO4. The molecule has 0 bridgehead atoms. The summed E-state index contributed by atoms with van der Waals surface area (Å²) >= 11 is 0. The van der Waals surface area contributed by atoms with E-state index in [4.69, 9.17) is 9.47 Å². The maximum absolute atomic E-state index is 11.5. The van der Waals surface area contributed by atoms with Crippen LogP contribution in [0.1, 0.15) is 19.3 Å². The van der Waals surface area contributed by atoms with Gasteiger partial charge in [-0.05, 0) is 19.3 Å². The summed E-state index contributed by atoms with van der Waals surface area (Å²) < 4.78 is 10.3. The van der Waals surface area contributed by atoms with Crippen LogP contribution >= 0.6 is 0 Å². The molecule has 0 radical (unpaired) electrons. The van der Waals surface area contributed by atoms with Crippen molar-refractivity contribution in [3.8, 4) is 0 Å². The lowest BCUT2D eigenvalue weighted by Gasteiger charge is -2.35. The summed E-state index contributed by atoms with van der Waals surface area (Å²) in [6.45, 7) is 3.12. The fourth-order valence-corrected chi connectivity index (χ4v) is 2.63. The topological polar surface area (TPSA) is 59.0 Å². The lowest BCUT2D eigenvalue weighted by atomic mass is 9.94. The van der Waals surface area contributed by atoms with E-state index in [0.717, 1.165) is 32.5 Å². The Morgan fingerprint density at radius 1 is 1.53 bits per heavy atom. The van der Waals surface area contributed by atoms with Crippen LogP contribution in [0.4, 0.5) is 0 Å². The molecule has 98 valence electrons. The number of hydrogen-bond donors (Lipinski definition) is 1. The minimum atomic E-state index is -0.566. The Labute approximate surface area is 102 Å². The van der Waals surface area contributed by atoms with Crippen LogP contribution in [0.15, 0.2) is 0 Å². The third-order valence-electron chi connectivity index (χ3n) is 3.65. The van der Waals surface area contributed by atoms with Gasteiger partial charge in [-0.15, -0.1) is 0 Å². The van der Waals surface area contributed by atoms with Gasteiger partial charge in [0.05, 0.1) is 25.2 Å². The highest BCUT2D eigenvalue weighted by molar-refractivity contribution is 5.73. The number of methoxy groups -OCH3 is 1. The molecule has 0 saturated carbocycles. The van der Waals surface area contributed by atoms with E-state index in [9.17, 15) is 9.90 Å². The largest absolute Gasteiger partial charge is 0.469 e. The summed E-state index contributed by atoms with van der Waals surface area (Å²) in [7, 11) is 1.37. The third-order valence-corrected chi connectivity index (χ3v) is 3.65. The lowest BCUT2D eigenvalue weighted by molar-refractivity contribution is -0.153. The Morgan fingerprint density at radius 2 is 2.35 bits per heavy atom. The van der Waals surface area contributed by atoms with Crippen molar-refractivity contribution < 1.29 is 19.4 Å². The number of esters is 1. The number of carbonyl (C=O) groups is 1. The molecule has 0 aromatic carbocycles. The van der Waals surface area contributed by atoms with Crippen molar-refractivity contribution in [1.82, 2.24) is 4.90 Å². The number of aliphatic hydroxyl groups excluding tert-OH is 1. The molecule has 17 heavy (non-hydrogen) atoms. The van der Waals surface area contributed by atoms with E-state index in [1.807, 2.05) is 0 Å². The molecule has 2 heterocycles. The van der Waals surface area contributed by atoms with Gasteiger partial charge in [0, 0.05) is 26.2 Å². The Balaban J connectivity index is 1.85. The highest BCUT2D eigenvalue weighted by Gasteiger charge is 2.34. The fourth-order valence-electron chi connectivity index (χ4n) is 2.63. The van der Waals surface area contributed by atoms with Gasteiger partial charge < -0.3 is 14.6 Å². The summed E-state index contributed by atoms with van der Waals surface area (Å²) in [6.07, 6.45) is 2.59. The Morgan fingerprint density at radius 3 is 3.00 bits per heavy atom. The molecule has 0 amide bonds. The summed E-state index contributed by atoms with van der Waals surface area (Å²) in [5, 5.41) is 9.79. The predicted octanol–water partition coefficient (Wildman–Crippen LogP) is 0.0212. The first-order valence-corrected chi connectivity index (χ1v) is 6.30. The van der Waals surface area contributed by atoms with E-state index in [0.29, 0.717) is 19.1 Å². The Kier molecular flexibility index (Phi) is 4.36. The van der Waals surface area contributed by atoms with Crippen LogP contribution in [0.3, 0.4) is 0 Å². The van der Waals surface area contributed by atoms with Crippen LogP contribution < -0.4 is 0 Å². The second-order valence-corrected chi connectivity index (χ2v) is 4.88. The van der Waals surface area contributed by atoms with Crippen molar-refractivity contribution in [2.24, 2.45) is 5.92 Å². The van der Waals surface area contributed by atoms with Gasteiger partial charge in [0.1, 0.15) is 0 Å². The molecule has 2 rings (SSSR count). The molecule has 5 heteroatoms. The number of aliphatic hydroxyl groups is 1. The van der Waals surface area contributed by atoms with Crippen molar-refractivity contribution >= 4 is 5.97 Å². The van der Waals surface area contributed by atoms with Gasteiger partial charge in [0.2, 0.25) is 0 Å². The van der Waals surface area contributed by atoms with Crippen LogP contribution in [0.5, 0.6) is 0 Å². The highest BCUT2D eigenvalue weighted by atomic mass is 16.5. The van der Waals surface area contributed by atoms with Crippen LogP contribution in [0, 0.1) is 5.92 Å². The smallest absolute Gasteiger partial charge is 0.312 e. The van der Waals surface area contributed by atoms with Gasteiger partial charge in [0.15, 0.2) is 0 Å². The quantitative estimate of drug-likeness (QED) is 0.708. The average Bonchev–Trinajstić information content (AvgIpc) is 2.83. The van der Waals surface area contributed by atoms with Crippen LogP contribution in [0.25, 0.3) is 0 Å². The maximum atomic E-state index is 11.5. The summed E-state index contributed by atoms with van der Waals surface area (Å²) in [4.78, 5) is 13.7. The van der Waals surface area contributed by atoms with E-state index >= 15 is 0 Å². The fraction of sp³-hybridized carbons (Fsp3) is 0.917. The van der Waals surface area contributed by atoms with Crippen LogP contribution in [0.2, 0.25) is 0 Å². The number of likely N-dealkylation sites (tertiary alicyclic amines) is 1. The minimum Gasteiger partial charge on any atom is -0.469 e. The summed E-state index contributed by atoms with van der Waals surface area (Å²) in [5.74, 6) is -0.718. The first-order chi connectivity index (χ1) is 8.20. The molecule has 0 aromatic rings.